The van der Waals surface area contributed by atoms with Gasteiger partial charge < -0.3 is 5.11 Å². The van der Waals surface area contributed by atoms with Gasteiger partial charge in [0, 0.05) is 5.92 Å². The van der Waals surface area contributed by atoms with Crippen molar-refractivity contribution in [2.75, 3.05) is 0 Å². The van der Waals surface area contributed by atoms with Crippen LogP contribution in [0.1, 0.15) is 23.5 Å². The summed E-state index contributed by atoms with van der Waals surface area (Å²) in [6.07, 6.45) is -0.00432. The molecular formula is C15H13FO2. The van der Waals surface area contributed by atoms with E-state index in [1.807, 2.05) is 30.3 Å². The first-order chi connectivity index (χ1) is 8.66. The third kappa shape index (κ3) is 2.94. The fourth-order valence-corrected chi connectivity index (χ4v) is 1.98. The number of rotatable bonds is 4. The van der Waals surface area contributed by atoms with E-state index in [9.17, 15) is 9.18 Å². The quantitative estimate of drug-likeness (QED) is 0.894. The average Bonchev–Trinajstić information content (AvgIpc) is 2.38. The molecule has 0 radical (unpaired) electrons. The first-order valence-electron chi connectivity index (χ1n) is 5.69. The number of aliphatic carboxylic acids is 1. The van der Waals surface area contributed by atoms with E-state index >= 15 is 0 Å². The van der Waals surface area contributed by atoms with Crippen molar-refractivity contribution in [3.05, 3.63) is 71.5 Å². The zero-order valence-electron chi connectivity index (χ0n) is 9.71. The number of carbonyl (C=O) groups is 1. The van der Waals surface area contributed by atoms with E-state index in [1.165, 1.54) is 12.1 Å². The zero-order chi connectivity index (χ0) is 13.0. The number of benzene rings is 2. The summed E-state index contributed by atoms with van der Waals surface area (Å²) in [5, 5.41) is 8.99. The lowest BCUT2D eigenvalue weighted by Gasteiger charge is -2.15. The first-order valence-corrected chi connectivity index (χ1v) is 5.69. The maximum atomic E-state index is 12.9. The smallest absolute Gasteiger partial charge is 0.304 e. The first kappa shape index (κ1) is 12.3. The highest BCUT2D eigenvalue weighted by Crippen LogP contribution is 2.27. The Morgan fingerprint density at radius 2 is 1.56 bits per heavy atom. The monoisotopic (exact) mass is 244 g/mol. The van der Waals surface area contributed by atoms with Crippen molar-refractivity contribution in [3.63, 3.8) is 0 Å². The highest BCUT2D eigenvalue weighted by atomic mass is 19.1. The summed E-state index contributed by atoms with van der Waals surface area (Å²) in [7, 11) is 0. The number of halogens is 1. The van der Waals surface area contributed by atoms with E-state index < -0.39 is 5.97 Å². The highest BCUT2D eigenvalue weighted by molar-refractivity contribution is 5.69. The number of carboxylic acid groups (broad SMARTS) is 1. The van der Waals surface area contributed by atoms with Gasteiger partial charge in [0.25, 0.3) is 0 Å². The van der Waals surface area contributed by atoms with Crippen LogP contribution < -0.4 is 0 Å². The van der Waals surface area contributed by atoms with Crippen molar-refractivity contribution in [2.45, 2.75) is 12.3 Å². The van der Waals surface area contributed by atoms with Crippen LogP contribution in [0.4, 0.5) is 4.39 Å². The lowest BCUT2D eigenvalue weighted by molar-refractivity contribution is -0.137. The Morgan fingerprint density at radius 1 is 1.00 bits per heavy atom. The van der Waals surface area contributed by atoms with Crippen molar-refractivity contribution in [1.82, 2.24) is 0 Å². The van der Waals surface area contributed by atoms with Crippen LogP contribution in [0, 0.1) is 5.82 Å². The molecule has 0 bridgehead atoms. The van der Waals surface area contributed by atoms with Crippen LogP contribution in [-0.2, 0) is 4.79 Å². The number of hydrogen-bond donors (Lipinski definition) is 1. The van der Waals surface area contributed by atoms with Gasteiger partial charge in [-0.25, -0.2) is 4.39 Å². The van der Waals surface area contributed by atoms with Crippen molar-refractivity contribution >= 4 is 5.97 Å². The number of hydrogen-bond acceptors (Lipinski definition) is 1. The van der Waals surface area contributed by atoms with Crippen molar-refractivity contribution in [3.8, 4) is 0 Å². The van der Waals surface area contributed by atoms with E-state index in [1.54, 1.807) is 12.1 Å². The molecule has 0 saturated heterocycles. The van der Waals surface area contributed by atoms with E-state index in [-0.39, 0.29) is 18.2 Å². The average molecular weight is 244 g/mol. The lowest BCUT2D eigenvalue weighted by atomic mass is 9.88. The molecule has 1 unspecified atom stereocenters. The molecule has 0 aromatic heterocycles. The minimum Gasteiger partial charge on any atom is -0.481 e. The molecule has 0 saturated carbocycles. The molecule has 2 nitrogen and oxygen atoms in total. The van der Waals surface area contributed by atoms with Gasteiger partial charge >= 0.3 is 5.97 Å². The van der Waals surface area contributed by atoms with Crippen molar-refractivity contribution in [2.24, 2.45) is 0 Å². The Kier molecular flexibility index (Phi) is 3.72. The molecule has 0 aliphatic rings. The molecule has 0 heterocycles. The molecule has 2 rings (SSSR count). The summed E-state index contributed by atoms with van der Waals surface area (Å²) >= 11 is 0. The number of carboxylic acids is 1. The van der Waals surface area contributed by atoms with Crippen molar-refractivity contribution < 1.29 is 14.3 Å². The summed E-state index contributed by atoms with van der Waals surface area (Å²) < 4.78 is 12.9. The predicted molar refractivity (Wildman–Crippen MR) is 66.9 cm³/mol. The fourth-order valence-electron chi connectivity index (χ4n) is 1.98. The van der Waals surface area contributed by atoms with E-state index in [0.29, 0.717) is 0 Å². The SMILES string of the molecule is O=C(O)CC(c1ccccc1)c1ccc(F)cc1. The Labute approximate surface area is 105 Å². The van der Waals surface area contributed by atoms with Gasteiger partial charge in [0.1, 0.15) is 5.82 Å². The van der Waals surface area contributed by atoms with Crippen LogP contribution in [0.2, 0.25) is 0 Å². The van der Waals surface area contributed by atoms with E-state index in [0.717, 1.165) is 11.1 Å². The molecule has 2 aromatic carbocycles. The van der Waals surface area contributed by atoms with Crippen LogP contribution in [0.25, 0.3) is 0 Å². The van der Waals surface area contributed by atoms with Gasteiger partial charge in [-0.1, -0.05) is 42.5 Å². The summed E-state index contributed by atoms with van der Waals surface area (Å²) in [5.74, 6) is -1.43. The largest absolute Gasteiger partial charge is 0.481 e. The lowest BCUT2D eigenvalue weighted by Crippen LogP contribution is -2.07. The second-order valence-electron chi connectivity index (χ2n) is 4.11. The molecule has 3 heteroatoms. The van der Waals surface area contributed by atoms with Crippen LogP contribution in [0.5, 0.6) is 0 Å². The Hall–Kier alpha value is -2.16. The maximum absolute atomic E-state index is 12.9. The van der Waals surface area contributed by atoms with Gasteiger partial charge in [0.05, 0.1) is 6.42 Å². The second kappa shape index (κ2) is 5.45. The standard InChI is InChI=1S/C15H13FO2/c16-13-8-6-12(7-9-13)14(10-15(17)18)11-4-2-1-3-5-11/h1-9,14H,10H2,(H,17,18). The molecule has 92 valence electrons. The molecule has 0 aliphatic carbocycles. The molecule has 0 spiro atoms. The third-order valence-corrected chi connectivity index (χ3v) is 2.85. The van der Waals surface area contributed by atoms with Crippen LogP contribution >= 0.6 is 0 Å². The van der Waals surface area contributed by atoms with Gasteiger partial charge in [-0.3, -0.25) is 4.79 Å². The third-order valence-electron chi connectivity index (χ3n) is 2.85. The minimum absolute atomic E-state index is 0.00432. The fraction of sp³-hybridized carbons (Fsp3) is 0.133. The summed E-state index contributed by atoms with van der Waals surface area (Å²) in [5.41, 5.74) is 1.73. The van der Waals surface area contributed by atoms with E-state index in [2.05, 4.69) is 0 Å². The summed E-state index contributed by atoms with van der Waals surface area (Å²) in [6.45, 7) is 0. The van der Waals surface area contributed by atoms with E-state index in [4.69, 9.17) is 5.11 Å². The molecule has 2 aromatic rings. The summed E-state index contributed by atoms with van der Waals surface area (Å²) in [4.78, 5) is 10.9. The molecule has 18 heavy (non-hydrogen) atoms. The Bertz CT molecular complexity index is 520. The summed E-state index contributed by atoms with van der Waals surface area (Å²) in [6, 6.07) is 15.4. The van der Waals surface area contributed by atoms with Gasteiger partial charge in [-0.05, 0) is 23.3 Å². The highest BCUT2D eigenvalue weighted by Gasteiger charge is 2.17. The van der Waals surface area contributed by atoms with Crippen LogP contribution in [-0.4, -0.2) is 11.1 Å². The second-order valence-corrected chi connectivity index (χ2v) is 4.11. The molecule has 0 fully saturated rings. The molecular weight excluding hydrogens is 231 g/mol. The van der Waals surface area contributed by atoms with Gasteiger partial charge in [0.2, 0.25) is 0 Å². The predicted octanol–water partition coefficient (Wildman–Crippen LogP) is 3.43. The minimum atomic E-state index is -0.867. The van der Waals surface area contributed by atoms with Crippen LogP contribution in [0.15, 0.2) is 54.6 Å². The Morgan fingerprint density at radius 3 is 2.11 bits per heavy atom. The maximum Gasteiger partial charge on any atom is 0.304 e. The molecule has 1 N–H and O–H groups in total. The van der Waals surface area contributed by atoms with Crippen molar-refractivity contribution in [1.29, 1.82) is 0 Å². The van der Waals surface area contributed by atoms with Gasteiger partial charge in [0.15, 0.2) is 0 Å². The molecule has 0 aliphatic heterocycles. The van der Waals surface area contributed by atoms with Gasteiger partial charge in [-0.2, -0.15) is 0 Å². The topological polar surface area (TPSA) is 37.3 Å². The zero-order valence-corrected chi connectivity index (χ0v) is 9.71. The Balaban J connectivity index is 2.36. The normalized spacial score (nSPS) is 12.1. The van der Waals surface area contributed by atoms with Crippen LogP contribution in [0.3, 0.4) is 0 Å². The van der Waals surface area contributed by atoms with Gasteiger partial charge in [-0.15, -0.1) is 0 Å². The molecule has 1 atom stereocenters. The molecule has 0 amide bonds.